The Hall–Kier alpha value is -2.92. The topological polar surface area (TPSA) is 145 Å². The molecule has 1 saturated heterocycles. The fraction of sp³-hybridized carbons (Fsp3) is 0.500. The Morgan fingerprint density at radius 3 is 2.13 bits per heavy atom. The van der Waals surface area contributed by atoms with E-state index in [4.69, 9.17) is 14.7 Å². The first-order valence-electron chi connectivity index (χ1n) is 17.6. The van der Waals surface area contributed by atoms with E-state index < -0.39 is 12.1 Å². The number of methoxy groups -OCH3 is 1. The minimum atomic E-state index is -0.678. The lowest BCUT2D eigenvalue weighted by Gasteiger charge is -2.27. The van der Waals surface area contributed by atoms with Crippen LogP contribution >= 0.6 is 67.5 Å². The number of H-pyrrole nitrogens is 2. The van der Waals surface area contributed by atoms with Crippen molar-refractivity contribution in [2.24, 2.45) is 17.8 Å². The maximum Gasteiger partial charge on any atom is 0.407 e. The molecule has 54 heavy (non-hydrogen) atoms. The predicted octanol–water partition coefficient (Wildman–Crippen LogP) is 7.27. The standard InChI is InChI=1S/C38H49N7O4.5H2S/c1-21(2)23(5)37(47)45-18-8-11-32(45)35-40-29-17-16-26(19-30(29)41-35)24-12-14-25(15-13-24)31-20-39-34(42-31)27-9-7-10-28(27)43-36(46)33(22(3)4)44-38(48)49-6;;;;;/h12-17,19-23,27-28,32-33H,7-11,18H2,1-6H3,(H,39,42)(H,40,41)(H,43,46)(H,44,48);5*1H2/t23-,27-,28-,32-,33-;;;;;/m0...../s1. The zero-order chi connectivity index (χ0) is 34.8. The Bertz CT molecular complexity index is 1820. The van der Waals surface area contributed by atoms with E-state index in [1.165, 1.54) is 7.11 Å². The second kappa shape index (κ2) is 21.4. The first kappa shape index (κ1) is 49.1. The molecule has 16 heteroatoms. The van der Waals surface area contributed by atoms with Gasteiger partial charge in [-0.25, -0.2) is 14.8 Å². The number of amides is 3. The maximum absolute atomic E-state index is 13.2. The van der Waals surface area contributed by atoms with Gasteiger partial charge in [0.05, 0.1) is 36.1 Å². The number of carbonyl (C=O) groups is 3. The fourth-order valence-electron chi connectivity index (χ4n) is 7.20. The van der Waals surface area contributed by atoms with Gasteiger partial charge in [-0.05, 0) is 66.3 Å². The largest absolute Gasteiger partial charge is 0.453 e. The molecule has 300 valence electrons. The van der Waals surface area contributed by atoms with E-state index in [9.17, 15) is 14.4 Å². The van der Waals surface area contributed by atoms with Gasteiger partial charge >= 0.3 is 6.09 Å². The Labute approximate surface area is 354 Å². The first-order chi connectivity index (χ1) is 23.5. The number of benzene rings is 2. The molecule has 3 heterocycles. The number of ether oxygens (including phenoxy) is 1. The Balaban J connectivity index is 0.00000292. The van der Waals surface area contributed by atoms with E-state index in [2.05, 4.69) is 70.8 Å². The quantitative estimate of drug-likeness (QED) is 0.132. The van der Waals surface area contributed by atoms with Gasteiger partial charge in [0.2, 0.25) is 11.8 Å². The number of alkyl carbamates (subject to hydrolysis) is 1. The molecule has 5 atom stereocenters. The fourth-order valence-corrected chi connectivity index (χ4v) is 7.20. The summed E-state index contributed by atoms with van der Waals surface area (Å²) in [6.07, 6.45) is 5.88. The summed E-state index contributed by atoms with van der Waals surface area (Å²) in [5.41, 5.74) is 5.97. The molecule has 4 N–H and O–H groups in total. The third kappa shape index (κ3) is 10.7. The normalized spacial score (nSPS) is 18.7. The maximum atomic E-state index is 13.2. The highest BCUT2D eigenvalue weighted by atomic mass is 32.1. The number of fused-ring (bicyclic) bond motifs is 1. The first-order valence-corrected chi connectivity index (χ1v) is 17.6. The van der Waals surface area contributed by atoms with E-state index >= 15 is 0 Å². The number of imidazole rings is 2. The summed E-state index contributed by atoms with van der Waals surface area (Å²) in [5.74, 6) is 1.97. The number of aromatic amines is 2. The Kier molecular flexibility index (Phi) is 19.5. The van der Waals surface area contributed by atoms with Crippen LogP contribution in [0.25, 0.3) is 33.4 Å². The highest BCUT2D eigenvalue weighted by Gasteiger charge is 2.36. The van der Waals surface area contributed by atoms with Gasteiger partial charge < -0.3 is 30.2 Å². The third-order valence-electron chi connectivity index (χ3n) is 10.5. The molecule has 0 spiro atoms. The molecule has 0 radical (unpaired) electrons. The molecule has 1 aliphatic heterocycles. The van der Waals surface area contributed by atoms with Crippen molar-refractivity contribution in [3.63, 3.8) is 0 Å². The Morgan fingerprint density at radius 1 is 0.815 bits per heavy atom. The minimum absolute atomic E-state index is 0. The molecule has 1 aliphatic carbocycles. The third-order valence-corrected chi connectivity index (χ3v) is 10.5. The number of hydrogen-bond donors (Lipinski definition) is 4. The SMILES string of the molecule is COC(=O)N[C@H](C(=O)N[C@H]1CCC[C@@H]1c1ncc(-c2ccc(-c3ccc4nc([C@@H]5CCCN5C(=O)[C@@H](C)C(C)C)[nH]c4c3)cc2)[nH]1)C(C)C.S.S.S.S.S. The molecule has 2 aromatic carbocycles. The van der Waals surface area contributed by atoms with E-state index in [1.807, 2.05) is 37.9 Å². The molecular formula is C38H59N7O4S5. The molecule has 6 rings (SSSR count). The molecule has 2 fully saturated rings. The predicted molar refractivity (Wildman–Crippen MR) is 241 cm³/mol. The second-order valence-electron chi connectivity index (χ2n) is 14.3. The minimum Gasteiger partial charge on any atom is -0.453 e. The van der Waals surface area contributed by atoms with Gasteiger partial charge in [-0.3, -0.25) is 9.59 Å². The van der Waals surface area contributed by atoms with Gasteiger partial charge in [0.15, 0.2) is 0 Å². The Morgan fingerprint density at radius 2 is 1.48 bits per heavy atom. The molecule has 2 aliphatic rings. The molecule has 0 bridgehead atoms. The molecule has 4 aromatic rings. The van der Waals surface area contributed by atoms with Crippen LogP contribution in [-0.2, 0) is 14.3 Å². The number of carbonyl (C=O) groups excluding carboxylic acids is 3. The van der Waals surface area contributed by atoms with Crippen LogP contribution in [0.2, 0.25) is 0 Å². The molecule has 3 amide bonds. The van der Waals surface area contributed by atoms with Crippen molar-refractivity contribution < 1.29 is 19.1 Å². The van der Waals surface area contributed by atoms with Crippen molar-refractivity contribution in [2.75, 3.05) is 13.7 Å². The van der Waals surface area contributed by atoms with Gasteiger partial charge in [-0.2, -0.15) is 67.5 Å². The van der Waals surface area contributed by atoms with Crippen LogP contribution in [-0.4, -0.2) is 68.5 Å². The van der Waals surface area contributed by atoms with E-state index in [-0.39, 0.29) is 109 Å². The summed E-state index contributed by atoms with van der Waals surface area (Å²) in [4.78, 5) is 56.8. The molecular weight excluding hydrogens is 779 g/mol. The van der Waals surface area contributed by atoms with Gasteiger partial charge in [0, 0.05) is 24.4 Å². The number of nitrogens with one attached hydrogen (secondary N) is 4. The zero-order valence-electron chi connectivity index (χ0n) is 31.9. The van der Waals surface area contributed by atoms with Gasteiger partial charge in [-0.15, -0.1) is 0 Å². The van der Waals surface area contributed by atoms with Crippen LogP contribution in [0, 0.1) is 17.8 Å². The van der Waals surface area contributed by atoms with Gasteiger partial charge in [0.1, 0.15) is 17.7 Å². The van der Waals surface area contributed by atoms with Crippen molar-refractivity contribution in [1.82, 2.24) is 35.5 Å². The number of likely N-dealkylation sites (tertiary alicyclic amines) is 1. The summed E-state index contributed by atoms with van der Waals surface area (Å²) in [5, 5.41) is 5.82. The van der Waals surface area contributed by atoms with Gasteiger partial charge in [-0.1, -0.05) is 71.4 Å². The van der Waals surface area contributed by atoms with Crippen molar-refractivity contribution in [3.05, 3.63) is 60.3 Å². The monoisotopic (exact) mass is 837 g/mol. The van der Waals surface area contributed by atoms with Crippen molar-refractivity contribution in [3.8, 4) is 22.4 Å². The summed E-state index contributed by atoms with van der Waals surface area (Å²) >= 11 is 0. The van der Waals surface area contributed by atoms with Crippen LogP contribution in [0.4, 0.5) is 4.79 Å². The van der Waals surface area contributed by atoms with Crippen LogP contribution in [0.1, 0.15) is 90.3 Å². The average molecular weight is 838 g/mol. The highest BCUT2D eigenvalue weighted by molar-refractivity contribution is 7.60. The molecule has 0 unspecified atom stereocenters. The highest BCUT2D eigenvalue weighted by Crippen LogP contribution is 2.36. The summed E-state index contributed by atoms with van der Waals surface area (Å²) in [6.45, 7) is 10.8. The van der Waals surface area contributed by atoms with E-state index in [0.29, 0.717) is 5.92 Å². The number of aromatic nitrogens is 4. The van der Waals surface area contributed by atoms with Crippen LogP contribution in [0.5, 0.6) is 0 Å². The van der Waals surface area contributed by atoms with Crippen LogP contribution in [0.3, 0.4) is 0 Å². The average Bonchev–Trinajstić information content (AvgIpc) is 3.92. The second-order valence-corrected chi connectivity index (χ2v) is 14.3. The summed E-state index contributed by atoms with van der Waals surface area (Å²) in [6, 6.07) is 13.9. The smallest absolute Gasteiger partial charge is 0.407 e. The van der Waals surface area contributed by atoms with E-state index in [1.54, 1.807) is 0 Å². The lowest BCUT2D eigenvalue weighted by atomic mass is 9.96. The summed E-state index contributed by atoms with van der Waals surface area (Å²) in [7, 11) is 1.29. The zero-order valence-corrected chi connectivity index (χ0v) is 36.9. The number of hydrogen-bond acceptors (Lipinski definition) is 6. The molecule has 2 aromatic heterocycles. The van der Waals surface area contributed by atoms with Gasteiger partial charge in [0.25, 0.3) is 0 Å². The number of rotatable bonds is 10. The number of nitrogens with zero attached hydrogens (tertiary/aromatic N) is 3. The lowest BCUT2D eigenvalue weighted by molar-refractivity contribution is -0.137. The van der Waals surface area contributed by atoms with Crippen molar-refractivity contribution >= 4 is 96.4 Å². The van der Waals surface area contributed by atoms with Crippen LogP contribution in [0.15, 0.2) is 48.7 Å². The summed E-state index contributed by atoms with van der Waals surface area (Å²) < 4.78 is 4.72. The molecule has 11 nitrogen and oxygen atoms in total. The molecule has 1 saturated carbocycles. The van der Waals surface area contributed by atoms with Crippen LogP contribution < -0.4 is 10.6 Å². The van der Waals surface area contributed by atoms with E-state index in [0.717, 1.165) is 83.7 Å². The lowest BCUT2D eigenvalue weighted by Crippen LogP contribution is -2.52. The van der Waals surface area contributed by atoms with Crippen molar-refractivity contribution in [2.45, 2.75) is 90.8 Å². The van der Waals surface area contributed by atoms with Crippen molar-refractivity contribution in [1.29, 1.82) is 0 Å².